The van der Waals surface area contributed by atoms with Crippen molar-refractivity contribution < 1.29 is 19.1 Å². The summed E-state index contributed by atoms with van der Waals surface area (Å²) in [4.78, 5) is 41.1. The normalized spacial score (nSPS) is 16.6. The first-order chi connectivity index (χ1) is 17.8. The highest BCUT2D eigenvalue weighted by atomic mass is 35.5. The standard InChI is InChI=1S/C28H27ClN4O4/c1-16-23(30-17(2)25(16)32-24(34)13-29)11-21-20-10-19(8-9-22(20)31-27(21)36)26(35)33-28(14-37-15-28)12-18-6-4-3-5-7-18/h3-11,30H,12-15H2,1-2H3,(H,31,36)(H,32,34)(H,33,35)/b21-11-. The molecule has 4 N–H and O–H groups in total. The summed E-state index contributed by atoms with van der Waals surface area (Å²) >= 11 is 5.63. The lowest BCUT2D eigenvalue weighted by atomic mass is 9.88. The fourth-order valence-corrected chi connectivity index (χ4v) is 4.83. The quantitative estimate of drug-likeness (QED) is 0.279. The maximum atomic E-state index is 13.3. The maximum absolute atomic E-state index is 13.3. The number of halogens is 1. The van der Waals surface area contributed by atoms with Gasteiger partial charge in [0.2, 0.25) is 5.91 Å². The average Bonchev–Trinajstić information content (AvgIpc) is 3.32. The minimum Gasteiger partial charge on any atom is -0.376 e. The van der Waals surface area contributed by atoms with E-state index in [0.717, 1.165) is 16.8 Å². The molecule has 3 heterocycles. The Hall–Kier alpha value is -3.88. The average molecular weight is 519 g/mol. The zero-order chi connectivity index (χ0) is 26.2. The first-order valence-electron chi connectivity index (χ1n) is 12.0. The molecule has 0 bridgehead atoms. The minimum absolute atomic E-state index is 0.153. The third-order valence-corrected chi connectivity index (χ3v) is 6.98. The monoisotopic (exact) mass is 518 g/mol. The summed E-state index contributed by atoms with van der Waals surface area (Å²) in [6.45, 7) is 4.57. The molecule has 0 unspecified atom stereocenters. The molecule has 1 aromatic heterocycles. The van der Waals surface area contributed by atoms with Gasteiger partial charge < -0.3 is 25.7 Å². The molecule has 2 aromatic carbocycles. The number of aromatic amines is 1. The Balaban J connectivity index is 1.41. The molecule has 3 aromatic rings. The number of rotatable bonds is 7. The van der Waals surface area contributed by atoms with Gasteiger partial charge >= 0.3 is 0 Å². The number of nitrogens with one attached hydrogen (secondary N) is 4. The van der Waals surface area contributed by atoms with Gasteiger partial charge in [-0.3, -0.25) is 14.4 Å². The lowest BCUT2D eigenvalue weighted by Gasteiger charge is -2.42. The van der Waals surface area contributed by atoms with Gasteiger partial charge in [0.1, 0.15) is 5.88 Å². The SMILES string of the molecule is Cc1[nH]c(/C=C2\C(=O)Nc3ccc(C(=O)NC4(Cc5ccccc5)COC4)cc32)c(C)c1NC(=O)CCl. The van der Waals surface area contributed by atoms with Crippen LogP contribution < -0.4 is 16.0 Å². The molecule has 5 rings (SSSR count). The number of alkyl halides is 1. The number of carbonyl (C=O) groups is 3. The van der Waals surface area contributed by atoms with Crippen LogP contribution in [0.5, 0.6) is 0 Å². The fourth-order valence-electron chi connectivity index (χ4n) is 4.76. The summed E-state index contributed by atoms with van der Waals surface area (Å²) in [7, 11) is 0. The number of aromatic nitrogens is 1. The molecular weight excluding hydrogens is 492 g/mol. The van der Waals surface area contributed by atoms with E-state index in [9.17, 15) is 14.4 Å². The van der Waals surface area contributed by atoms with E-state index in [0.29, 0.717) is 53.4 Å². The molecule has 1 saturated heterocycles. The number of hydrogen-bond donors (Lipinski definition) is 4. The van der Waals surface area contributed by atoms with Crippen molar-refractivity contribution in [1.82, 2.24) is 10.3 Å². The lowest BCUT2D eigenvalue weighted by Crippen LogP contribution is -2.63. The van der Waals surface area contributed by atoms with Crippen LogP contribution in [-0.2, 0) is 20.7 Å². The van der Waals surface area contributed by atoms with Crippen molar-refractivity contribution >= 4 is 52.3 Å². The number of anilines is 2. The Bertz CT molecular complexity index is 1420. The molecule has 2 aliphatic heterocycles. The van der Waals surface area contributed by atoms with Gasteiger partial charge in [-0.2, -0.15) is 0 Å². The van der Waals surface area contributed by atoms with Gasteiger partial charge in [0, 0.05) is 34.6 Å². The number of benzene rings is 2. The van der Waals surface area contributed by atoms with Gasteiger partial charge in [-0.25, -0.2) is 0 Å². The van der Waals surface area contributed by atoms with Gasteiger partial charge in [-0.05, 0) is 49.2 Å². The summed E-state index contributed by atoms with van der Waals surface area (Å²) in [6, 6.07) is 15.2. The Morgan fingerprint density at radius 1 is 1.14 bits per heavy atom. The Morgan fingerprint density at radius 2 is 1.89 bits per heavy atom. The Kier molecular flexibility index (Phi) is 6.62. The van der Waals surface area contributed by atoms with E-state index in [-0.39, 0.29) is 23.6 Å². The van der Waals surface area contributed by atoms with Crippen LogP contribution in [0.1, 0.15) is 38.4 Å². The molecular formula is C28H27ClN4O4. The number of H-pyrrole nitrogens is 1. The molecule has 2 aliphatic rings. The highest BCUT2D eigenvalue weighted by Crippen LogP contribution is 2.36. The van der Waals surface area contributed by atoms with E-state index in [4.69, 9.17) is 16.3 Å². The van der Waals surface area contributed by atoms with Crippen LogP contribution in [0.3, 0.4) is 0 Å². The lowest BCUT2D eigenvalue weighted by molar-refractivity contribution is -0.114. The Morgan fingerprint density at radius 3 is 2.57 bits per heavy atom. The van der Waals surface area contributed by atoms with E-state index in [1.165, 1.54) is 0 Å². The second-order valence-corrected chi connectivity index (χ2v) is 9.77. The first-order valence-corrected chi connectivity index (χ1v) is 12.5. The van der Waals surface area contributed by atoms with Gasteiger partial charge in [-0.15, -0.1) is 11.6 Å². The van der Waals surface area contributed by atoms with E-state index in [1.807, 2.05) is 44.2 Å². The van der Waals surface area contributed by atoms with Crippen molar-refractivity contribution in [2.45, 2.75) is 25.8 Å². The van der Waals surface area contributed by atoms with Crippen molar-refractivity contribution in [2.75, 3.05) is 29.7 Å². The minimum atomic E-state index is -0.465. The van der Waals surface area contributed by atoms with Gasteiger partial charge in [-0.1, -0.05) is 30.3 Å². The second kappa shape index (κ2) is 9.88. The number of ether oxygens (including phenoxy) is 1. The van der Waals surface area contributed by atoms with E-state index in [2.05, 4.69) is 20.9 Å². The Labute approximate surface area is 219 Å². The van der Waals surface area contributed by atoms with E-state index in [1.54, 1.807) is 24.3 Å². The van der Waals surface area contributed by atoms with Crippen LogP contribution in [0.2, 0.25) is 0 Å². The first kappa shape index (κ1) is 24.8. The van der Waals surface area contributed by atoms with Crippen LogP contribution in [0.25, 0.3) is 11.6 Å². The molecule has 8 nitrogen and oxygen atoms in total. The number of aryl methyl sites for hydroxylation is 1. The molecule has 0 radical (unpaired) electrons. The summed E-state index contributed by atoms with van der Waals surface area (Å²) in [5.74, 6) is -0.954. The van der Waals surface area contributed by atoms with Crippen molar-refractivity contribution in [2.24, 2.45) is 0 Å². The van der Waals surface area contributed by atoms with E-state index < -0.39 is 5.54 Å². The van der Waals surface area contributed by atoms with E-state index >= 15 is 0 Å². The molecule has 190 valence electrons. The summed E-state index contributed by atoms with van der Waals surface area (Å²) < 4.78 is 5.46. The predicted octanol–water partition coefficient (Wildman–Crippen LogP) is 4.04. The number of hydrogen-bond acceptors (Lipinski definition) is 4. The number of fused-ring (bicyclic) bond motifs is 1. The fraction of sp³-hybridized carbons (Fsp3) is 0.250. The van der Waals surface area contributed by atoms with Crippen molar-refractivity contribution in [3.63, 3.8) is 0 Å². The topological polar surface area (TPSA) is 112 Å². The highest BCUT2D eigenvalue weighted by Gasteiger charge is 2.40. The largest absolute Gasteiger partial charge is 0.376 e. The number of amides is 3. The maximum Gasteiger partial charge on any atom is 0.256 e. The summed E-state index contributed by atoms with van der Waals surface area (Å²) in [5, 5.41) is 8.80. The smallest absolute Gasteiger partial charge is 0.256 e. The van der Waals surface area contributed by atoms with Crippen LogP contribution >= 0.6 is 11.6 Å². The molecule has 0 aliphatic carbocycles. The summed E-state index contributed by atoms with van der Waals surface area (Å²) in [6.07, 6.45) is 2.40. The second-order valence-electron chi connectivity index (χ2n) is 9.51. The molecule has 0 spiro atoms. The van der Waals surface area contributed by atoms with Crippen molar-refractivity contribution in [3.8, 4) is 0 Å². The highest BCUT2D eigenvalue weighted by molar-refractivity contribution is 6.35. The van der Waals surface area contributed by atoms with Crippen LogP contribution in [-0.4, -0.2) is 47.3 Å². The van der Waals surface area contributed by atoms with Crippen LogP contribution in [0, 0.1) is 13.8 Å². The molecule has 0 atom stereocenters. The van der Waals surface area contributed by atoms with Gasteiger partial charge in [0.15, 0.2) is 0 Å². The predicted molar refractivity (Wildman–Crippen MR) is 144 cm³/mol. The molecule has 37 heavy (non-hydrogen) atoms. The third kappa shape index (κ3) is 4.90. The zero-order valence-electron chi connectivity index (χ0n) is 20.5. The molecule has 0 saturated carbocycles. The van der Waals surface area contributed by atoms with Crippen molar-refractivity contribution in [3.05, 3.63) is 82.2 Å². The molecule has 3 amide bonds. The van der Waals surface area contributed by atoms with Crippen LogP contribution in [0.4, 0.5) is 11.4 Å². The number of carbonyl (C=O) groups excluding carboxylic acids is 3. The molecule has 1 fully saturated rings. The van der Waals surface area contributed by atoms with Crippen LogP contribution in [0.15, 0.2) is 48.5 Å². The zero-order valence-corrected chi connectivity index (χ0v) is 21.3. The van der Waals surface area contributed by atoms with Crippen molar-refractivity contribution in [1.29, 1.82) is 0 Å². The summed E-state index contributed by atoms with van der Waals surface area (Å²) in [5.41, 5.74) is 5.66. The third-order valence-electron chi connectivity index (χ3n) is 6.74. The van der Waals surface area contributed by atoms with Gasteiger partial charge in [0.05, 0.1) is 30.0 Å². The molecule has 9 heteroatoms. The van der Waals surface area contributed by atoms with Gasteiger partial charge in [0.25, 0.3) is 11.8 Å².